The highest BCUT2D eigenvalue weighted by molar-refractivity contribution is 5.76. The van der Waals surface area contributed by atoms with E-state index in [9.17, 15) is 4.79 Å². The predicted molar refractivity (Wildman–Crippen MR) is 89.0 cm³/mol. The number of imidazole rings is 1. The highest BCUT2D eigenvalue weighted by Crippen LogP contribution is 2.23. The van der Waals surface area contributed by atoms with Gasteiger partial charge in [0.05, 0.1) is 6.04 Å². The summed E-state index contributed by atoms with van der Waals surface area (Å²) >= 11 is 0. The number of rotatable bonds is 5. The molecule has 1 unspecified atom stereocenters. The summed E-state index contributed by atoms with van der Waals surface area (Å²) in [5.41, 5.74) is 1.06. The summed E-state index contributed by atoms with van der Waals surface area (Å²) in [5, 5.41) is 0. The lowest BCUT2D eigenvalue weighted by atomic mass is 10.0. The molecule has 1 atom stereocenters. The molecule has 2 aromatic rings. The van der Waals surface area contributed by atoms with Gasteiger partial charge in [0.2, 0.25) is 5.91 Å². The van der Waals surface area contributed by atoms with Crippen LogP contribution in [0.25, 0.3) is 0 Å². The second-order valence-corrected chi connectivity index (χ2v) is 6.19. The third kappa shape index (κ3) is 3.97. The van der Waals surface area contributed by atoms with Crippen molar-refractivity contribution < 1.29 is 4.79 Å². The molecule has 5 nitrogen and oxygen atoms in total. The molecule has 0 spiro atoms. The van der Waals surface area contributed by atoms with Crippen LogP contribution in [-0.2, 0) is 11.2 Å². The van der Waals surface area contributed by atoms with E-state index < -0.39 is 0 Å². The molecule has 0 radical (unpaired) electrons. The molecular formula is C18H24N4O. The summed E-state index contributed by atoms with van der Waals surface area (Å²) in [5.74, 6) is 1.29. The first-order valence-corrected chi connectivity index (χ1v) is 8.41. The van der Waals surface area contributed by atoms with Gasteiger partial charge in [0, 0.05) is 43.8 Å². The van der Waals surface area contributed by atoms with Crippen molar-refractivity contribution in [2.45, 2.75) is 45.1 Å². The van der Waals surface area contributed by atoms with Crippen LogP contribution in [0.4, 0.5) is 0 Å². The van der Waals surface area contributed by atoms with Gasteiger partial charge in [-0.2, -0.15) is 0 Å². The average Bonchev–Trinajstić information content (AvgIpc) is 3.02. The number of likely N-dealkylation sites (tertiary alicyclic amines) is 1. The zero-order chi connectivity index (χ0) is 16.1. The Morgan fingerprint density at radius 3 is 2.96 bits per heavy atom. The van der Waals surface area contributed by atoms with Crippen molar-refractivity contribution in [1.29, 1.82) is 0 Å². The molecule has 0 N–H and O–H groups in total. The Bertz CT molecular complexity index is 637. The normalized spacial score (nSPS) is 18.1. The van der Waals surface area contributed by atoms with Gasteiger partial charge in [-0.25, -0.2) is 4.98 Å². The molecule has 0 saturated carbocycles. The molecule has 0 aliphatic carbocycles. The number of amides is 1. The maximum Gasteiger partial charge on any atom is 0.222 e. The molecular weight excluding hydrogens is 288 g/mol. The van der Waals surface area contributed by atoms with E-state index >= 15 is 0 Å². The SMILES string of the molecule is Cc1nccn1C1CCCN(C(=O)CCCc2ccccn2)C1. The Morgan fingerprint density at radius 1 is 1.30 bits per heavy atom. The summed E-state index contributed by atoms with van der Waals surface area (Å²) in [6, 6.07) is 6.29. The highest BCUT2D eigenvalue weighted by Gasteiger charge is 2.24. The van der Waals surface area contributed by atoms with Crippen LogP contribution in [0.2, 0.25) is 0 Å². The minimum atomic E-state index is 0.267. The van der Waals surface area contributed by atoms with Crippen LogP contribution in [0.5, 0.6) is 0 Å². The molecule has 1 aliphatic rings. The van der Waals surface area contributed by atoms with E-state index in [0.717, 1.165) is 50.3 Å². The number of piperidine rings is 1. The molecule has 0 bridgehead atoms. The van der Waals surface area contributed by atoms with Crippen LogP contribution in [-0.4, -0.2) is 38.4 Å². The quantitative estimate of drug-likeness (QED) is 0.853. The minimum absolute atomic E-state index is 0.267. The van der Waals surface area contributed by atoms with Gasteiger partial charge in [-0.05, 0) is 44.7 Å². The number of hydrogen-bond donors (Lipinski definition) is 0. The first-order chi connectivity index (χ1) is 11.2. The van der Waals surface area contributed by atoms with Crippen LogP contribution in [0.3, 0.4) is 0 Å². The summed E-state index contributed by atoms with van der Waals surface area (Å²) in [6.07, 6.45) is 10.2. The highest BCUT2D eigenvalue weighted by atomic mass is 16.2. The second-order valence-electron chi connectivity index (χ2n) is 6.19. The minimum Gasteiger partial charge on any atom is -0.341 e. The van der Waals surface area contributed by atoms with E-state index in [-0.39, 0.29) is 5.91 Å². The number of pyridine rings is 1. The van der Waals surface area contributed by atoms with Gasteiger partial charge in [-0.15, -0.1) is 0 Å². The monoisotopic (exact) mass is 312 g/mol. The fourth-order valence-corrected chi connectivity index (χ4v) is 3.31. The molecule has 2 aromatic heterocycles. The van der Waals surface area contributed by atoms with Gasteiger partial charge >= 0.3 is 0 Å². The van der Waals surface area contributed by atoms with Gasteiger partial charge in [0.15, 0.2) is 0 Å². The summed E-state index contributed by atoms with van der Waals surface area (Å²) < 4.78 is 2.20. The van der Waals surface area contributed by atoms with Crippen molar-refractivity contribution in [2.24, 2.45) is 0 Å². The summed E-state index contributed by atoms with van der Waals surface area (Å²) in [7, 11) is 0. The standard InChI is InChI=1S/C18H24N4O/c1-15-19-11-13-22(15)17-8-5-12-21(14-17)18(23)9-4-7-16-6-2-3-10-20-16/h2-3,6,10-11,13,17H,4-5,7-9,12,14H2,1H3. The molecule has 1 fully saturated rings. The smallest absolute Gasteiger partial charge is 0.222 e. The first-order valence-electron chi connectivity index (χ1n) is 8.41. The average molecular weight is 312 g/mol. The lowest BCUT2D eigenvalue weighted by Crippen LogP contribution is -2.40. The molecule has 3 rings (SSSR count). The van der Waals surface area contributed by atoms with Gasteiger partial charge in [-0.1, -0.05) is 6.07 Å². The van der Waals surface area contributed by atoms with Crippen molar-refractivity contribution in [2.75, 3.05) is 13.1 Å². The van der Waals surface area contributed by atoms with Gasteiger partial charge in [0.1, 0.15) is 5.82 Å². The fourth-order valence-electron chi connectivity index (χ4n) is 3.31. The largest absolute Gasteiger partial charge is 0.341 e. The fraction of sp³-hybridized carbons (Fsp3) is 0.500. The molecule has 23 heavy (non-hydrogen) atoms. The van der Waals surface area contributed by atoms with E-state index in [0.29, 0.717) is 12.5 Å². The maximum absolute atomic E-state index is 12.5. The van der Waals surface area contributed by atoms with Crippen molar-refractivity contribution in [3.8, 4) is 0 Å². The number of aromatic nitrogens is 3. The summed E-state index contributed by atoms with van der Waals surface area (Å²) in [6.45, 7) is 3.71. The molecule has 1 amide bonds. The van der Waals surface area contributed by atoms with Gasteiger partial charge < -0.3 is 9.47 Å². The van der Waals surface area contributed by atoms with E-state index in [1.807, 2.05) is 42.4 Å². The maximum atomic E-state index is 12.5. The molecule has 1 saturated heterocycles. The number of nitrogens with zero attached hydrogens (tertiary/aromatic N) is 4. The third-order valence-electron chi connectivity index (χ3n) is 4.55. The van der Waals surface area contributed by atoms with Crippen LogP contribution in [0, 0.1) is 6.92 Å². The van der Waals surface area contributed by atoms with Crippen molar-refractivity contribution in [1.82, 2.24) is 19.4 Å². The molecule has 3 heterocycles. The van der Waals surface area contributed by atoms with E-state index in [2.05, 4.69) is 14.5 Å². The lowest BCUT2D eigenvalue weighted by molar-refractivity contribution is -0.132. The van der Waals surface area contributed by atoms with Gasteiger partial charge in [-0.3, -0.25) is 9.78 Å². The number of carbonyl (C=O) groups is 1. The zero-order valence-corrected chi connectivity index (χ0v) is 13.7. The third-order valence-corrected chi connectivity index (χ3v) is 4.55. The Kier molecular flexibility index (Phi) is 5.05. The van der Waals surface area contributed by atoms with E-state index in [1.54, 1.807) is 6.20 Å². The number of aryl methyl sites for hydroxylation is 2. The van der Waals surface area contributed by atoms with E-state index in [4.69, 9.17) is 0 Å². The molecule has 1 aliphatic heterocycles. The van der Waals surface area contributed by atoms with Crippen molar-refractivity contribution in [3.05, 3.63) is 48.3 Å². The Hall–Kier alpha value is -2.17. The molecule has 122 valence electrons. The van der Waals surface area contributed by atoms with Crippen LogP contribution < -0.4 is 0 Å². The lowest BCUT2D eigenvalue weighted by Gasteiger charge is -2.34. The Balaban J connectivity index is 1.50. The van der Waals surface area contributed by atoms with Gasteiger partial charge in [0.25, 0.3) is 0 Å². The Morgan fingerprint density at radius 2 is 2.22 bits per heavy atom. The Labute approximate surface area is 137 Å². The van der Waals surface area contributed by atoms with Crippen molar-refractivity contribution >= 4 is 5.91 Å². The van der Waals surface area contributed by atoms with Crippen LogP contribution in [0.15, 0.2) is 36.8 Å². The summed E-state index contributed by atoms with van der Waals surface area (Å²) in [4.78, 5) is 23.1. The second kappa shape index (κ2) is 7.40. The van der Waals surface area contributed by atoms with Crippen LogP contribution in [0.1, 0.15) is 43.2 Å². The number of carbonyl (C=O) groups excluding carboxylic acids is 1. The predicted octanol–water partition coefficient (Wildman–Crippen LogP) is 2.77. The van der Waals surface area contributed by atoms with E-state index in [1.165, 1.54) is 0 Å². The molecule has 0 aromatic carbocycles. The van der Waals surface area contributed by atoms with Crippen molar-refractivity contribution in [3.63, 3.8) is 0 Å². The first kappa shape index (κ1) is 15.7. The zero-order valence-electron chi connectivity index (χ0n) is 13.7. The molecule has 5 heteroatoms. The number of hydrogen-bond acceptors (Lipinski definition) is 3. The topological polar surface area (TPSA) is 51.0 Å². The van der Waals surface area contributed by atoms with Crippen LogP contribution >= 0.6 is 0 Å².